The summed E-state index contributed by atoms with van der Waals surface area (Å²) in [6.45, 7) is 0.375. The minimum Gasteiger partial charge on any atom is -0.457 e. The van der Waals surface area contributed by atoms with Gasteiger partial charge in [-0.1, -0.05) is 18.2 Å². The molecule has 0 atom stereocenters. The SMILES string of the molecule is N#Cc1ccc(F)cc1CNc1ccc(Oc2ccccc2)cc1. The number of rotatable bonds is 5. The third-order valence-corrected chi connectivity index (χ3v) is 3.50. The summed E-state index contributed by atoms with van der Waals surface area (Å²) in [6.07, 6.45) is 0. The summed E-state index contributed by atoms with van der Waals surface area (Å²) in [5.74, 6) is 1.16. The van der Waals surface area contributed by atoms with Gasteiger partial charge in [-0.15, -0.1) is 0 Å². The Morgan fingerprint density at radius 3 is 2.33 bits per heavy atom. The molecule has 0 saturated heterocycles. The Morgan fingerprint density at radius 1 is 0.917 bits per heavy atom. The van der Waals surface area contributed by atoms with Crippen molar-refractivity contribution >= 4 is 5.69 Å². The van der Waals surface area contributed by atoms with E-state index in [1.54, 1.807) is 0 Å². The topological polar surface area (TPSA) is 45.0 Å². The number of hydrogen-bond acceptors (Lipinski definition) is 3. The predicted molar refractivity (Wildman–Crippen MR) is 91.4 cm³/mol. The molecule has 0 aromatic heterocycles. The minimum atomic E-state index is -0.350. The maximum atomic E-state index is 13.3. The number of anilines is 1. The molecule has 0 radical (unpaired) electrons. The fraction of sp³-hybridized carbons (Fsp3) is 0.0500. The molecule has 0 bridgehead atoms. The summed E-state index contributed by atoms with van der Waals surface area (Å²) in [5, 5.41) is 12.2. The summed E-state index contributed by atoms with van der Waals surface area (Å²) in [6, 6.07) is 23.2. The van der Waals surface area contributed by atoms with Gasteiger partial charge in [0.1, 0.15) is 17.3 Å². The summed E-state index contributed by atoms with van der Waals surface area (Å²) >= 11 is 0. The molecule has 4 heteroatoms. The number of halogens is 1. The van der Waals surface area contributed by atoms with Gasteiger partial charge in [0.25, 0.3) is 0 Å². The van der Waals surface area contributed by atoms with Crippen LogP contribution >= 0.6 is 0 Å². The lowest BCUT2D eigenvalue weighted by Gasteiger charge is -2.10. The molecular weight excluding hydrogens is 303 g/mol. The van der Waals surface area contributed by atoms with E-state index in [1.807, 2.05) is 54.6 Å². The van der Waals surface area contributed by atoms with Crippen LogP contribution in [0.1, 0.15) is 11.1 Å². The summed E-state index contributed by atoms with van der Waals surface area (Å²) < 4.78 is 19.0. The Bertz CT molecular complexity index is 855. The van der Waals surface area contributed by atoms with Gasteiger partial charge in [-0.25, -0.2) is 4.39 Å². The molecule has 0 aliphatic rings. The van der Waals surface area contributed by atoms with E-state index in [-0.39, 0.29) is 5.82 Å². The van der Waals surface area contributed by atoms with Crippen molar-refractivity contribution in [1.29, 1.82) is 5.26 Å². The van der Waals surface area contributed by atoms with Crippen LogP contribution in [-0.2, 0) is 6.54 Å². The van der Waals surface area contributed by atoms with Crippen LogP contribution in [0.2, 0.25) is 0 Å². The number of nitriles is 1. The van der Waals surface area contributed by atoms with Crippen LogP contribution in [0.15, 0.2) is 72.8 Å². The van der Waals surface area contributed by atoms with Gasteiger partial charge < -0.3 is 10.1 Å². The molecule has 0 aliphatic heterocycles. The highest BCUT2D eigenvalue weighted by atomic mass is 19.1. The van der Waals surface area contributed by atoms with Crippen molar-refractivity contribution in [1.82, 2.24) is 0 Å². The molecule has 0 amide bonds. The summed E-state index contributed by atoms with van der Waals surface area (Å²) in [5.41, 5.74) is 1.96. The zero-order valence-electron chi connectivity index (χ0n) is 12.9. The molecule has 0 heterocycles. The molecule has 3 aromatic rings. The zero-order chi connectivity index (χ0) is 16.8. The van der Waals surface area contributed by atoms with Gasteiger partial charge in [-0.3, -0.25) is 0 Å². The normalized spacial score (nSPS) is 10.0. The van der Waals surface area contributed by atoms with Crippen molar-refractivity contribution in [3.8, 4) is 17.6 Å². The minimum absolute atomic E-state index is 0.350. The van der Waals surface area contributed by atoms with Gasteiger partial charge in [0.05, 0.1) is 11.6 Å². The second-order valence-electron chi connectivity index (χ2n) is 5.21. The highest BCUT2D eigenvalue weighted by Gasteiger charge is 2.04. The van der Waals surface area contributed by atoms with Gasteiger partial charge in [0, 0.05) is 12.2 Å². The van der Waals surface area contributed by atoms with E-state index in [4.69, 9.17) is 10.00 Å². The lowest BCUT2D eigenvalue weighted by Crippen LogP contribution is -2.02. The molecule has 0 fully saturated rings. The van der Waals surface area contributed by atoms with Gasteiger partial charge in [-0.05, 0) is 60.2 Å². The van der Waals surface area contributed by atoms with Crippen LogP contribution < -0.4 is 10.1 Å². The first-order chi connectivity index (χ1) is 11.7. The van der Waals surface area contributed by atoms with Crippen LogP contribution in [0.25, 0.3) is 0 Å². The summed E-state index contributed by atoms with van der Waals surface area (Å²) in [4.78, 5) is 0. The van der Waals surface area contributed by atoms with E-state index < -0.39 is 0 Å². The molecular formula is C20H15FN2O. The first kappa shape index (κ1) is 15.6. The molecule has 0 aliphatic carbocycles. The maximum Gasteiger partial charge on any atom is 0.127 e. The third kappa shape index (κ3) is 3.90. The molecule has 3 rings (SSSR count). The Balaban J connectivity index is 1.65. The number of hydrogen-bond donors (Lipinski definition) is 1. The van der Waals surface area contributed by atoms with Crippen molar-refractivity contribution in [2.45, 2.75) is 6.54 Å². The number of para-hydroxylation sites is 1. The van der Waals surface area contributed by atoms with Crippen LogP contribution in [-0.4, -0.2) is 0 Å². The van der Waals surface area contributed by atoms with E-state index in [0.717, 1.165) is 17.2 Å². The van der Waals surface area contributed by atoms with E-state index in [1.165, 1.54) is 18.2 Å². The number of nitrogens with zero attached hydrogens (tertiary/aromatic N) is 1. The van der Waals surface area contributed by atoms with Gasteiger partial charge >= 0.3 is 0 Å². The molecule has 1 N–H and O–H groups in total. The fourth-order valence-electron chi connectivity index (χ4n) is 2.28. The quantitative estimate of drug-likeness (QED) is 0.711. The Labute approximate surface area is 139 Å². The smallest absolute Gasteiger partial charge is 0.127 e. The molecule has 3 nitrogen and oxygen atoms in total. The van der Waals surface area contributed by atoms with Crippen molar-refractivity contribution in [2.75, 3.05) is 5.32 Å². The third-order valence-electron chi connectivity index (χ3n) is 3.50. The van der Waals surface area contributed by atoms with Crippen LogP contribution in [0, 0.1) is 17.1 Å². The first-order valence-electron chi connectivity index (χ1n) is 7.50. The van der Waals surface area contributed by atoms with Crippen LogP contribution in [0.4, 0.5) is 10.1 Å². The van der Waals surface area contributed by atoms with Gasteiger partial charge in [-0.2, -0.15) is 5.26 Å². The average molecular weight is 318 g/mol. The van der Waals surface area contributed by atoms with Gasteiger partial charge in [0.15, 0.2) is 0 Å². The maximum absolute atomic E-state index is 13.3. The van der Waals surface area contributed by atoms with Crippen molar-refractivity contribution in [2.24, 2.45) is 0 Å². The highest BCUT2D eigenvalue weighted by Crippen LogP contribution is 2.23. The second kappa shape index (κ2) is 7.30. The lowest BCUT2D eigenvalue weighted by molar-refractivity contribution is 0.483. The Hall–Kier alpha value is -3.32. The number of nitrogens with one attached hydrogen (secondary N) is 1. The van der Waals surface area contributed by atoms with Crippen LogP contribution in [0.5, 0.6) is 11.5 Å². The average Bonchev–Trinajstić information content (AvgIpc) is 2.62. The molecule has 3 aromatic carbocycles. The van der Waals surface area contributed by atoms with Crippen molar-refractivity contribution in [3.63, 3.8) is 0 Å². The van der Waals surface area contributed by atoms with Gasteiger partial charge in [0.2, 0.25) is 0 Å². The lowest BCUT2D eigenvalue weighted by atomic mass is 10.1. The zero-order valence-corrected chi connectivity index (χ0v) is 12.9. The molecule has 0 saturated carbocycles. The first-order valence-corrected chi connectivity index (χ1v) is 7.50. The monoisotopic (exact) mass is 318 g/mol. The Morgan fingerprint density at radius 2 is 1.62 bits per heavy atom. The molecule has 0 unspecified atom stereocenters. The predicted octanol–water partition coefficient (Wildman–Crippen LogP) is 5.10. The van der Waals surface area contributed by atoms with Crippen molar-refractivity contribution < 1.29 is 9.13 Å². The van der Waals surface area contributed by atoms with Crippen molar-refractivity contribution in [3.05, 3.63) is 89.7 Å². The van der Waals surface area contributed by atoms with E-state index in [0.29, 0.717) is 17.7 Å². The van der Waals surface area contributed by atoms with Crippen LogP contribution in [0.3, 0.4) is 0 Å². The fourth-order valence-corrected chi connectivity index (χ4v) is 2.28. The van der Waals surface area contributed by atoms with E-state index in [2.05, 4.69) is 11.4 Å². The highest BCUT2D eigenvalue weighted by molar-refractivity contribution is 5.49. The largest absolute Gasteiger partial charge is 0.457 e. The standard InChI is InChI=1S/C20H15FN2O/c21-17-7-6-15(13-22)16(12-17)14-23-18-8-10-20(11-9-18)24-19-4-2-1-3-5-19/h1-12,23H,14H2. The molecule has 0 spiro atoms. The number of ether oxygens (including phenoxy) is 1. The number of benzene rings is 3. The Kier molecular flexibility index (Phi) is 4.73. The molecule has 24 heavy (non-hydrogen) atoms. The molecule has 118 valence electrons. The second-order valence-corrected chi connectivity index (χ2v) is 5.21. The van der Waals surface area contributed by atoms with E-state index >= 15 is 0 Å². The van der Waals surface area contributed by atoms with E-state index in [9.17, 15) is 4.39 Å². The summed E-state index contributed by atoms with van der Waals surface area (Å²) in [7, 11) is 0.